The van der Waals surface area contributed by atoms with Crippen molar-refractivity contribution in [1.82, 2.24) is 0 Å². The molecule has 0 radical (unpaired) electrons. The molecule has 0 bridgehead atoms. The van der Waals surface area contributed by atoms with Gasteiger partial charge in [0.1, 0.15) is 11.5 Å². The van der Waals surface area contributed by atoms with Crippen LogP contribution in [0.5, 0.6) is 11.5 Å². The Labute approximate surface area is 181 Å². The van der Waals surface area contributed by atoms with Gasteiger partial charge in [0.15, 0.2) is 6.61 Å². The Hall–Kier alpha value is -3.55. The van der Waals surface area contributed by atoms with E-state index < -0.39 is 11.9 Å². The van der Waals surface area contributed by atoms with Crippen LogP contribution < -0.4 is 20.1 Å². The fourth-order valence-corrected chi connectivity index (χ4v) is 2.63. The van der Waals surface area contributed by atoms with Gasteiger partial charge in [-0.3, -0.25) is 14.4 Å². The summed E-state index contributed by atoms with van der Waals surface area (Å²) in [5, 5.41) is 5.39. The molecule has 8 heteroatoms. The fourth-order valence-electron chi connectivity index (χ4n) is 2.63. The zero-order valence-corrected chi connectivity index (χ0v) is 17.8. The molecule has 2 N–H and O–H groups in total. The van der Waals surface area contributed by atoms with Crippen LogP contribution in [-0.4, -0.2) is 37.6 Å². The molecule has 0 saturated heterocycles. The summed E-state index contributed by atoms with van der Waals surface area (Å²) in [5.41, 5.74) is 1.23. The van der Waals surface area contributed by atoms with Crippen molar-refractivity contribution >= 4 is 29.2 Å². The molecule has 2 aromatic carbocycles. The van der Waals surface area contributed by atoms with Crippen LogP contribution in [0.2, 0.25) is 0 Å². The summed E-state index contributed by atoms with van der Waals surface area (Å²) in [6.07, 6.45) is 0.538. The monoisotopic (exact) mass is 428 g/mol. The van der Waals surface area contributed by atoms with E-state index in [9.17, 15) is 14.4 Å². The summed E-state index contributed by atoms with van der Waals surface area (Å²) < 4.78 is 15.6. The van der Waals surface area contributed by atoms with Crippen LogP contribution in [0.4, 0.5) is 11.4 Å². The first kappa shape index (κ1) is 23.7. The van der Waals surface area contributed by atoms with Crippen molar-refractivity contribution in [2.45, 2.75) is 33.1 Å². The maximum Gasteiger partial charge on any atom is 0.306 e. The van der Waals surface area contributed by atoms with E-state index in [4.69, 9.17) is 14.2 Å². The Morgan fingerprint density at radius 3 is 1.68 bits per heavy atom. The van der Waals surface area contributed by atoms with Gasteiger partial charge in [0.2, 0.25) is 5.91 Å². The number of anilines is 2. The van der Waals surface area contributed by atoms with Crippen LogP contribution in [0.25, 0.3) is 0 Å². The van der Waals surface area contributed by atoms with E-state index in [-0.39, 0.29) is 25.4 Å². The first-order chi connectivity index (χ1) is 15.0. The van der Waals surface area contributed by atoms with E-state index in [0.29, 0.717) is 36.8 Å². The molecule has 0 unspecified atom stereocenters. The Kier molecular flexibility index (Phi) is 9.87. The molecule has 0 aliphatic carbocycles. The van der Waals surface area contributed by atoms with Crippen LogP contribution >= 0.6 is 0 Å². The number of benzene rings is 2. The lowest BCUT2D eigenvalue weighted by molar-refractivity contribution is -0.147. The second-order valence-corrected chi connectivity index (χ2v) is 6.53. The highest BCUT2D eigenvalue weighted by molar-refractivity contribution is 5.93. The molecule has 0 aromatic heterocycles. The third kappa shape index (κ3) is 9.20. The standard InChI is InChI=1S/C23H28N2O6/c1-3-29-19-12-8-17(9-13-19)24-21(26)6-5-7-23(28)31-16-22(27)25-18-10-14-20(15-11-18)30-4-2/h8-15H,3-7,16H2,1-2H3,(H,24,26)(H,25,27). The molecule has 8 nitrogen and oxygen atoms in total. The van der Waals surface area contributed by atoms with Gasteiger partial charge in [0.05, 0.1) is 13.2 Å². The molecule has 2 amide bonds. The third-order valence-corrected chi connectivity index (χ3v) is 4.05. The summed E-state index contributed by atoms with van der Waals surface area (Å²) in [5.74, 6) is 0.264. The predicted molar refractivity (Wildman–Crippen MR) is 117 cm³/mol. The molecule has 0 heterocycles. The Morgan fingerprint density at radius 1 is 0.710 bits per heavy atom. The zero-order chi connectivity index (χ0) is 22.5. The highest BCUT2D eigenvalue weighted by Crippen LogP contribution is 2.17. The minimum atomic E-state index is -0.532. The summed E-state index contributed by atoms with van der Waals surface area (Å²) in [6, 6.07) is 13.9. The smallest absolute Gasteiger partial charge is 0.306 e. The minimum Gasteiger partial charge on any atom is -0.494 e. The number of carbonyl (C=O) groups is 3. The van der Waals surface area contributed by atoms with Crippen molar-refractivity contribution in [3.8, 4) is 11.5 Å². The minimum absolute atomic E-state index is 0.0486. The van der Waals surface area contributed by atoms with Crippen LogP contribution in [0.15, 0.2) is 48.5 Å². The van der Waals surface area contributed by atoms with Crippen LogP contribution in [0, 0.1) is 0 Å². The Bertz CT molecular complexity index is 849. The van der Waals surface area contributed by atoms with Gasteiger partial charge < -0.3 is 24.8 Å². The van der Waals surface area contributed by atoms with Crippen molar-refractivity contribution in [1.29, 1.82) is 0 Å². The molecular weight excluding hydrogens is 400 g/mol. The lowest BCUT2D eigenvalue weighted by Gasteiger charge is -2.08. The molecule has 0 fully saturated rings. The Morgan fingerprint density at radius 2 is 1.19 bits per heavy atom. The van der Waals surface area contributed by atoms with Crippen LogP contribution in [0.1, 0.15) is 33.1 Å². The van der Waals surface area contributed by atoms with E-state index in [1.54, 1.807) is 48.5 Å². The molecule has 2 rings (SSSR count). The van der Waals surface area contributed by atoms with Gasteiger partial charge in [-0.2, -0.15) is 0 Å². The number of rotatable bonds is 12. The van der Waals surface area contributed by atoms with E-state index in [1.165, 1.54) is 0 Å². The van der Waals surface area contributed by atoms with Gasteiger partial charge in [-0.25, -0.2) is 0 Å². The predicted octanol–water partition coefficient (Wildman–Crippen LogP) is 3.77. The third-order valence-electron chi connectivity index (χ3n) is 4.05. The molecule has 0 aliphatic heterocycles. The maximum absolute atomic E-state index is 12.0. The average molecular weight is 428 g/mol. The number of hydrogen-bond donors (Lipinski definition) is 2. The van der Waals surface area contributed by atoms with Crippen molar-refractivity contribution in [3.63, 3.8) is 0 Å². The summed E-state index contributed by atoms with van der Waals surface area (Å²) in [4.78, 5) is 35.6. The highest BCUT2D eigenvalue weighted by atomic mass is 16.5. The number of hydrogen-bond acceptors (Lipinski definition) is 6. The second-order valence-electron chi connectivity index (χ2n) is 6.53. The van der Waals surface area contributed by atoms with E-state index in [0.717, 1.165) is 5.75 Å². The van der Waals surface area contributed by atoms with Crippen LogP contribution in [-0.2, 0) is 19.1 Å². The number of nitrogens with one attached hydrogen (secondary N) is 2. The molecule has 0 aliphatic rings. The van der Waals surface area contributed by atoms with E-state index in [2.05, 4.69) is 10.6 Å². The number of ether oxygens (including phenoxy) is 3. The maximum atomic E-state index is 12.0. The largest absolute Gasteiger partial charge is 0.494 e. The lowest BCUT2D eigenvalue weighted by atomic mass is 10.2. The van der Waals surface area contributed by atoms with Crippen molar-refractivity contribution in [2.75, 3.05) is 30.5 Å². The molecule has 166 valence electrons. The molecular formula is C23H28N2O6. The average Bonchev–Trinajstić information content (AvgIpc) is 2.75. The molecule has 0 spiro atoms. The molecule has 31 heavy (non-hydrogen) atoms. The van der Waals surface area contributed by atoms with Crippen molar-refractivity contribution in [3.05, 3.63) is 48.5 Å². The fraction of sp³-hybridized carbons (Fsp3) is 0.348. The molecule has 2 aromatic rings. The summed E-state index contributed by atoms with van der Waals surface area (Å²) >= 11 is 0. The van der Waals surface area contributed by atoms with Crippen molar-refractivity contribution < 1.29 is 28.6 Å². The zero-order valence-electron chi connectivity index (χ0n) is 17.8. The number of esters is 1. The lowest BCUT2D eigenvalue weighted by Crippen LogP contribution is -2.21. The normalized spacial score (nSPS) is 10.1. The summed E-state index contributed by atoms with van der Waals surface area (Å²) in [7, 11) is 0. The first-order valence-corrected chi connectivity index (χ1v) is 10.2. The highest BCUT2D eigenvalue weighted by Gasteiger charge is 2.10. The summed E-state index contributed by atoms with van der Waals surface area (Å²) in [6.45, 7) is 4.54. The second kappa shape index (κ2) is 12.9. The number of carbonyl (C=O) groups excluding carboxylic acids is 3. The van der Waals surface area contributed by atoms with Gasteiger partial charge >= 0.3 is 5.97 Å². The van der Waals surface area contributed by atoms with Gasteiger partial charge in [0.25, 0.3) is 5.91 Å². The molecule has 0 atom stereocenters. The number of amides is 2. The van der Waals surface area contributed by atoms with Gasteiger partial charge in [-0.1, -0.05) is 0 Å². The van der Waals surface area contributed by atoms with Crippen LogP contribution in [0.3, 0.4) is 0 Å². The van der Waals surface area contributed by atoms with Gasteiger partial charge in [-0.05, 0) is 68.8 Å². The topological polar surface area (TPSA) is 103 Å². The van der Waals surface area contributed by atoms with Crippen molar-refractivity contribution in [2.24, 2.45) is 0 Å². The van der Waals surface area contributed by atoms with Gasteiger partial charge in [-0.15, -0.1) is 0 Å². The SMILES string of the molecule is CCOc1ccc(NC(=O)CCCC(=O)OCC(=O)Nc2ccc(OCC)cc2)cc1. The Balaban J connectivity index is 1.61. The van der Waals surface area contributed by atoms with E-state index >= 15 is 0 Å². The first-order valence-electron chi connectivity index (χ1n) is 10.2. The van der Waals surface area contributed by atoms with Gasteiger partial charge in [0, 0.05) is 24.2 Å². The van der Waals surface area contributed by atoms with E-state index in [1.807, 2.05) is 13.8 Å². The molecule has 0 saturated carbocycles. The quantitative estimate of drug-likeness (QED) is 0.499.